The number of rotatable bonds is 6. The number of nitrogens with zero attached hydrogens (tertiary/aromatic N) is 1. The van der Waals surface area contributed by atoms with Gasteiger partial charge in [-0.15, -0.1) is 0 Å². The van der Waals surface area contributed by atoms with Gasteiger partial charge < -0.3 is 15.2 Å². The van der Waals surface area contributed by atoms with Gasteiger partial charge in [-0.2, -0.15) is 0 Å². The highest BCUT2D eigenvalue weighted by Crippen LogP contribution is 2.23. The Kier molecular flexibility index (Phi) is 4.73. The Morgan fingerprint density at radius 2 is 1.90 bits per heavy atom. The third-order valence-electron chi connectivity index (χ3n) is 2.91. The van der Waals surface area contributed by atoms with Crippen LogP contribution >= 0.6 is 0 Å². The summed E-state index contributed by atoms with van der Waals surface area (Å²) in [5.41, 5.74) is 7.28. The summed E-state index contributed by atoms with van der Waals surface area (Å²) in [5, 5.41) is 10.8. The molecule has 0 amide bonds. The monoisotopic (exact) mass is 288 g/mol. The molecule has 6 nitrogen and oxygen atoms in total. The van der Waals surface area contributed by atoms with Gasteiger partial charge in [0.05, 0.1) is 11.5 Å². The van der Waals surface area contributed by atoms with Gasteiger partial charge in [-0.25, -0.2) is 0 Å². The molecule has 0 aliphatic heterocycles. The highest BCUT2D eigenvalue weighted by atomic mass is 16.6. The number of nitro benzene ring substituents is 1. The van der Waals surface area contributed by atoms with Crippen molar-refractivity contribution < 1.29 is 14.4 Å². The number of hydrogen-bond donors (Lipinski definition) is 1. The lowest BCUT2D eigenvalue weighted by Crippen LogP contribution is -2.00. The molecule has 0 radical (unpaired) electrons. The first-order valence-corrected chi connectivity index (χ1v) is 6.33. The first-order chi connectivity index (χ1) is 10.1. The summed E-state index contributed by atoms with van der Waals surface area (Å²) in [6, 6.07) is 12.1. The van der Waals surface area contributed by atoms with Gasteiger partial charge in [0.25, 0.3) is 5.69 Å². The zero-order valence-corrected chi connectivity index (χ0v) is 11.6. The molecule has 0 fully saturated rings. The molecule has 0 aliphatic carbocycles. The standard InChI is InChI=1S/C15H16N2O4/c1-20-9-11-3-2-4-13(7-11)21-10-12-5-6-14(16)15(8-12)17(18)19/h2-8H,9-10,16H2,1H3. The molecule has 0 saturated carbocycles. The van der Waals surface area contributed by atoms with Crippen molar-refractivity contribution in [1.82, 2.24) is 0 Å². The number of anilines is 1. The molecule has 0 saturated heterocycles. The van der Waals surface area contributed by atoms with E-state index >= 15 is 0 Å². The fourth-order valence-electron chi connectivity index (χ4n) is 1.90. The number of nitrogens with two attached hydrogens (primary N) is 1. The van der Waals surface area contributed by atoms with Gasteiger partial charge in [0, 0.05) is 13.2 Å². The molecular formula is C15H16N2O4. The largest absolute Gasteiger partial charge is 0.489 e. The molecule has 0 aliphatic rings. The molecule has 2 N–H and O–H groups in total. The van der Waals surface area contributed by atoms with E-state index in [0.29, 0.717) is 17.9 Å². The van der Waals surface area contributed by atoms with E-state index in [1.54, 1.807) is 13.2 Å². The van der Waals surface area contributed by atoms with E-state index in [1.807, 2.05) is 24.3 Å². The van der Waals surface area contributed by atoms with Crippen LogP contribution in [0.4, 0.5) is 11.4 Å². The third kappa shape index (κ3) is 3.93. The minimum Gasteiger partial charge on any atom is -0.489 e. The van der Waals surface area contributed by atoms with Crippen molar-refractivity contribution in [3.8, 4) is 5.75 Å². The van der Waals surface area contributed by atoms with Crippen molar-refractivity contribution in [2.75, 3.05) is 12.8 Å². The Morgan fingerprint density at radius 1 is 1.14 bits per heavy atom. The fraction of sp³-hybridized carbons (Fsp3) is 0.200. The summed E-state index contributed by atoms with van der Waals surface area (Å²) >= 11 is 0. The highest BCUT2D eigenvalue weighted by molar-refractivity contribution is 5.59. The van der Waals surface area contributed by atoms with E-state index in [4.69, 9.17) is 15.2 Å². The average Bonchev–Trinajstić information content (AvgIpc) is 2.47. The lowest BCUT2D eigenvalue weighted by Gasteiger charge is -2.08. The van der Waals surface area contributed by atoms with Crippen molar-refractivity contribution in [3.63, 3.8) is 0 Å². The van der Waals surface area contributed by atoms with E-state index < -0.39 is 4.92 Å². The van der Waals surface area contributed by atoms with E-state index in [0.717, 1.165) is 5.56 Å². The Hall–Kier alpha value is -2.60. The Labute approximate surface area is 122 Å². The summed E-state index contributed by atoms with van der Waals surface area (Å²) in [6.07, 6.45) is 0. The van der Waals surface area contributed by atoms with E-state index in [2.05, 4.69) is 0 Å². The molecule has 0 heterocycles. The molecular weight excluding hydrogens is 272 g/mol. The molecule has 0 atom stereocenters. The van der Waals surface area contributed by atoms with Crippen LogP contribution < -0.4 is 10.5 Å². The van der Waals surface area contributed by atoms with E-state index in [1.165, 1.54) is 12.1 Å². The van der Waals surface area contributed by atoms with Gasteiger partial charge in [0.15, 0.2) is 0 Å². The summed E-state index contributed by atoms with van der Waals surface area (Å²) in [5.74, 6) is 0.684. The van der Waals surface area contributed by atoms with Crippen LogP contribution in [0.3, 0.4) is 0 Å². The van der Waals surface area contributed by atoms with Crippen LogP contribution in [0, 0.1) is 10.1 Å². The Morgan fingerprint density at radius 3 is 2.62 bits per heavy atom. The number of hydrogen-bond acceptors (Lipinski definition) is 5. The maximum atomic E-state index is 10.8. The number of ether oxygens (including phenoxy) is 2. The predicted molar refractivity (Wildman–Crippen MR) is 79.0 cm³/mol. The van der Waals surface area contributed by atoms with Gasteiger partial charge >= 0.3 is 0 Å². The number of benzene rings is 2. The van der Waals surface area contributed by atoms with E-state index in [9.17, 15) is 10.1 Å². The molecule has 6 heteroatoms. The van der Waals surface area contributed by atoms with Crippen molar-refractivity contribution in [2.24, 2.45) is 0 Å². The lowest BCUT2D eigenvalue weighted by molar-refractivity contribution is -0.384. The van der Waals surface area contributed by atoms with Crippen molar-refractivity contribution >= 4 is 11.4 Å². The normalized spacial score (nSPS) is 10.3. The molecule has 0 bridgehead atoms. The summed E-state index contributed by atoms with van der Waals surface area (Å²) in [4.78, 5) is 10.3. The second kappa shape index (κ2) is 6.71. The first kappa shape index (κ1) is 14.8. The predicted octanol–water partition coefficient (Wildman–Crippen LogP) is 2.90. The van der Waals surface area contributed by atoms with Crippen LogP contribution in [0.25, 0.3) is 0 Å². The second-order valence-electron chi connectivity index (χ2n) is 4.52. The molecule has 110 valence electrons. The quantitative estimate of drug-likeness (QED) is 0.501. The van der Waals surface area contributed by atoms with E-state index in [-0.39, 0.29) is 18.0 Å². The SMILES string of the molecule is COCc1cccc(OCc2ccc(N)c([N+](=O)[O-])c2)c1. The maximum Gasteiger partial charge on any atom is 0.292 e. The smallest absolute Gasteiger partial charge is 0.292 e. The second-order valence-corrected chi connectivity index (χ2v) is 4.52. The molecule has 2 rings (SSSR count). The van der Waals surface area contributed by atoms with Crippen LogP contribution in [0.2, 0.25) is 0 Å². The molecule has 2 aromatic carbocycles. The Balaban J connectivity index is 2.07. The number of methoxy groups -OCH3 is 1. The van der Waals surface area contributed by atoms with Gasteiger partial charge in [-0.05, 0) is 29.3 Å². The first-order valence-electron chi connectivity index (χ1n) is 6.33. The van der Waals surface area contributed by atoms with Crippen LogP contribution in [0.1, 0.15) is 11.1 Å². The molecule has 21 heavy (non-hydrogen) atoms. The van der Waals surface area contributed by atoms with Crippen LogP contribution in [-0.2, 0) is 18.0 Å². The average molecular weight is 288 g/mol. The summed E-state index contributed by atoms with van der Waals surface area (Å²) in [6.45, 7) is 0.738. The van der Waals surface area contributed by atoms with Crippen molar-refractivity contribution in [2.45, 2.75) is 13.2 Å². The fourth-order valence-corrected chi connectivity index (χ4v) is 1.90. The molecule has 0 aromatic heterocycles. The zero-order chi connectivity index (χ0) is 15.2. The number of nitro groups is 1. The topological polar surface area (TPSA) is 87.6 Å². The number of nitrogen functional groups attached to an aromatic ring is 1. The van der Waals surface area contributed by atoms with Crippen molar-refractivity contribution in [3.05, 3.63) is 63.7 Å². The van der Waals surface area contributed by atoms with Crippen LogP contribution in [-0.4, -0.2) is 12.0 Å². The van der Waals surface area contributed by atoms with Crippen molar-refractivity contribution in [1.29, 1.82) is 0 Å². The zero-order valence-electron chi connectivity index (χ0n) is 11.6. The maximum absolute atomic E-state index is 10.8. The van der Waals surface area contributed by atoms with Gasteiger partial charge in [0.1, 0.15) is 18.0 Å². The summed E-state index contributed by atoms with van der Waals surface area (Å²) < 4.78 is 10.7. The third-order valence-corrected chi connectivity index (χ3v) is 2.91. The highest BCUT2D eigenvalue weighted by Gasteiger charge is 2.12. The molecule has 2 aromatic rings. The van der Waals surface area contributed by atoms with Crippen LogP contribution in [0.15, 0.2) is 42.5 Å². The van der Waals surface area contributed by atoms with Gasteiger partial charge in [-0.3, -0.25) is 10.1 Å². The molecule has 0 spiro atoms. The molecule has 0 unspecified atom stereocenters. The van der Waals surface area contributed by atoms with Gasteiger partial charge in [0.2, 0.25) is 0 Å². The van der Waals surface area contributed by atoms with Gasteiger partial charge in [-0.1, -0.05) is 18.2 Å². The summed E-state index contributed by atoms with van der Waals surface area (Å²) in [7, 11) is 1.63. The lowest BCUT2D eigenvalue weighted by atomic mass is 10.2. The minimum absolute atomic E-state index is 0.107. The van der Waals surface area contributed by atoms with Crippen LogP contribution in [0.5, 0.6) is 5.75 Å². The Bertz CT molecular complexity index is 643. The minimum atomic E-state index is -0.502.